The van der Waals surface area contributed by atoms with Crippen LogP contribution in [-0.2, 0) is 4.74 Å². The number of nitriles is 1. The van der Waals surface area contributed by atoms with Gasteiger partial charge >= 0.3 is 0 Å². The summed E-state index contributed by atoms with van der Waals surface area (Å²) in [5, 5.41) is 8.84. The van der Waals surface area contributed by atoms with Crippen molar-refractivity contribution in [3.63, 3.8) is 0 Å². The van der Waals surface area contributed by atoms with Crippen molar-refractivity contribution in [1.29, 1.82) is 5.26 Å². The smallest absolute Gasteiger partial charge is 0.0991 e. The Morgan fingerprint density at radius 3 is 2.48 bits per heavy atom. The minimum Gasteiger partial charge on any atom is -0.374 e. The summed E-state index contributed by atoms with van der Waals surface area (Å²) in [6.07, 6.45) is 11.8. The predicted octanol–water partition coefficient (Wildman–Crippen LogP) is 4.96. The molecule has 0 amide bonds. The average Bonchev–Trinajstić information content (AvgIpc) is 2.55. The van der Waals surface area contributed by atoms with Crippen molar-refractivity contribution >= 4 is 0 Å². The normalized spacial score (nSPS) is 22.3. The molecule has 0 bridgehead atoms. The molecule has 1 aromatic carbocycles. The Morgan fingerprint density at radius 1 is 1.14 bits per heavy atom. The highest BCUT2D eigenvalue weighted by Crippen LogP contribution is 2.34. The fourth-order valence-corrected chi connectivity index (χ4v) is 2.94. The molecule has 0 spiro atoms. The maximum Gasteiger partial charge on any atom is 0.0991 e. The van der Waals surface area contributed by atoms with E-state index in [2.05, 4.69) is 37.3 Å². The first-order chi connectivity index (χ1) is 10.3. The number of unbranched alkanes of at least 4 members (excludes halogenated alkanes) is 1. The van der Waals surface area contributed by atoms with Crippen molar-refractivity contribution in [2.24, 2.45) is 0 Å². The van der Waals surface area contributed by atoms with Gasteiger partial charge < -0.3 is 4.74 Å². The molecule has 1 aromatic rings. The van der Waals surface area contributed by atoms with Gasteiger partial charge in [-0.1, -0.05) is 37.6 Å². The Bertz CT molecular complexity index is 475. The standard InChI is InChI=1S/C19H25NO/c1-2-3-4-5-14-21-19-12-10-18(11-13-19)17-8-6-16(15-20)7-9-17/h4-9,18-19H,2-3,10-14H2,1H3/b5-4+. The van der Waals surface area contributed by atoms with E-state index >= 15 is 0 Å². The van der Waals surface area contributed by atoms with E-state index in [1.54, 1.807) is 0 Å². The minimum atomic E-state index is 0.422. The molecule has 1 aliphatic rings. The summed E-state index contributed by atoms with van der Waals surface area (Å²) in [6, 6.07) is 10.2. The Balaban J connectivity index is 1.73. The number of nitrogens with zero attached hydrogens (tertiary/aromatic N) is 1. The Hall–Kier alpha value is -1.59. The SMILES string of the molecule is CCC/C=C/COC1CCC(c2ccc(C#N)cc2)CC1. The third-order valence-corrected chi connectivity index (χ3v) is 4.24. The fourth-order valence-electron chi connectivity index (χ4n) is 2.94. The molecule has 0 saturated heterocycles. The van der Waals surface area contributed by atoms with E-state index in [1.165, 1.54) is 24.8 Å². The predicted molar refractivity (Wildman–Crippen MR) is 86.2 cm³/mol. The summed E-state index contributed by atoms with van der Waals surface area (Å²) in [5.41, 5.74) is 2.12. The molecular weight excluding hydrogens is 258 g/mol. The zero-order valence-corrected chi connectivity index (χ0v) is 12.9. The minimum absolute atomic E-state index is 0.422. The van der Waals surface area contributed by atoms with E-state index in [-0.39, 0.29) is 0 Å². The molecule has 0 N–H and O–H groups in total. The largest absolute Gasteiger partial charge is 0.374 e. The number of benzene rings is 1. The summed E-state index contributed by atoms with van der Waals surface area (Å²) >= 11 is 0. The lowest BCUT2D eigenvalue weighted by Gasteiger charge is -2.28. The van der Waals surface area contributed by atoms with Crippen molar-refractivity contribution in [3.05, 3.63) is 47.5 Å². The molecule has 0 radical (unpaired) electrons. The second kappa shape index (κ2) is 8.64. The van der Waals surface area contributed by atoms with Crippen LogP contribution in [0.2, 0.25) is 0 Å². The van der Waals surface area contributed by atoms with Crippen LogP contribution in [0.3, 0.4) is 0 Å². The average molecular weight is 283 g/mol. The van der Waals surface area contributed by atoms with Gasteiger partial charge in [-0.3, -0.25) is 0 Å². The molecular formula is C19H25NO. The van der Waals surface area contributed by atoms with Gasteiger partial charge in [0.2, 0.25) is 0 Å². The van der Waals surface area contributed by atoms with Crippen molar-refractivity contribution in [1.82, 2.24) is 0 Å². The van der Waals surface area contributed by atoms with Crippen LogP contribution in [0.15, 0.2) is 36.4 Å². The van der Waals surface area contributed by atoms with Crippen LogP contribution in [-0.4, -0.2) is 12.7 Å². The second-order valence-electron chi connectivity index (χ2n) is 5.80. The summed E-state index contributed by atoms with van der Waals surface area (Å²) in [7, 11) is 0. The number of hydrogen-bond acceptors (Lipinski definition) is 2. The summed E-state index contributed by atoms with van der Waals surface area (Å²) < 4.78 is 5.92. The molecule has 0 unspecified atom stereocenters. The van der Waals surface area contributed by atoms with E-state index in [0.29, 0.717) is 12.0 Å². The van der Waals surface area contributed by atoms with Crippen LogP contribution in [0.5, 0.6) is 0 Å². The highest BCUT2D eigenvalue weighted by atomic mass is 16.5. The van der Waals surface area contributed by atoms with Gasteiger partial charge in [-0.25, -0.2) is 0 Å². The van der Waals surface area contributed by atoms with E-state index in [0.717, 1.165) is 31.4 Å². The van der Waals surface area contributed by atoms with E-state index in [1.807, 2.05) is 12.1 Å². The quantitative estimate of drug-likeness (QED) is 0.691. The lowest BCUT2D eigenvalue weighted by molar-refractivity contribution is 0.0422. The maximum atomic E-state index is 8.84. The van der Waals surface area contributed by atoms with Gasteiger partial charge in [-0.2, -0.15) is 5.26 Å². The van der Waals surface area contributed by atoms with Crippen LogP contribution in [0.1, 0.15) is 62.5 Å². The van der Waals surface area contributed by atoms with Gasteiger partial charge in [0.25, 0.3) is 0 Å². The maximum absolute atomic E-state index is 8.84. The molecule has 112 valence electrons. The highest BCUT2D eigenvalue weighted by molar-refractivity contribution is 5.33. The lowest BCUT2D eigenvalue weighted by atomic mass is 9.82. The molecule has 0 aliphatic heterocycles. The zero-order valence-electron chi connectivity index (χ0n) is 12.9. The molecule has 1 fully saturated rings. The number of ether oxygens (including phenoxy) is 1. The van der Waals surface area contributed by atoms with Crippen molar-refractivity contribution < 1.29 is 4.74 Å². The Morgan fingerprint density at radius 2 is 1.86 bits per heavy atom. The molecule has 1 aliphatic carbocycles. The lowest BCUT2D eigenvalue weighted by Crippen LogP contribution is -2.20. The number of rotatable bonds is 6. The van der Waals surface area contributed by atoms with E-state index in [4.69, 9.17) is 10.00 Å². The van der Waals surface area contributed by atoms with Crippen LogP contribution in [0, 0.1) is 11.3 Å². The summed E-state index contributed by atoms with van der Waals surface area (Å²) in [6.45, 7) is 2.95. The zero-order chi connectivity index (χ0) is 14.9. The van der Waals surface area contributed by atoms with Crippen molar-refractivity contribution in [3.8, 4) is 6.07 Å². The second-order valence-corrected chi connectivity index (χ2v) is 5.80. The molecule has 2 nitrogen and oxygen atoms in total. The third-order valence-electron chi connectivity index (χ3n) is 4.24. The first-order valence-electron chi connectivity index (χ1n) is 8.10. The first kappa shape index (κ1) is 15.8. The van der Waals surface area contributed by atoms with Gasteiger partial charge in [-0.15, -0.1) is 0 Å². The van der Waals surface area contributed by atoms with Gasteiger partial charge in [0.05, 0.1) is 24.3 Å². The third kappa shape index (κ3) is 5.02. The van der Waals surface area contributed by atoms with Crippen LogP contribution < -0.4 is 0 Å². The van der Waals surface area contributed by atoms with Crippen molar-refractivity contribution in [2.75, 3.05) is 6.61 Å². The topological polar surface area (TPSA) is 33.0 Å². The monoisotopic (exact) mass is 283 g/mol. The molecule has 0 aromatic heterocycles. The highest BCUT2D eigenvalue weighted by Gasteiger charge is 2.22. The summed E-state index contributed by atoms with van der Waals surface area (Å²) in [5.74, 6) is 0.633. The van der Waals surface area contributed by atoms with Crippen molar-refractivity contribution in [2.45, 2.75) is 57.5 Å². The van der Waals surface area contributed by atoms with E-state index < -0.39 is 0 Å². The van der Waals surface area contributed by atoms with Gasteiger partial charge in [0.1, 0.15) is 0 Å². The molecule has 2 heteroatoms. The first-order valence-corrected chi connectivity index (χ1v) is 8.10. The molecule has 0 atom stereocenters. The molecule has 21 heavy (non-hydrogen) atoms. The van der Waals surface area contributed by atoms with Gasteiger partial charge in [0.15, 0.2) is 0 Å². The van der Waals surface area contributed by atoms with Crippen LogP contribution >= 0.6 is 0 Å². The summed E-state index contributed by atoms with van der Waals surface area (Å²) in [4.78, 5) is 0. The molecule has 0 heterocycles. The number of allylic oxidation sites excluding steroid dienone is 1. The number of hydrogen-bond donors (Lipinski definition) is 0. The Kier molecular flexibility index (Phi) is 6.50. The molecule has 1 saturated carbocycles. The fraction of sp³-hybridized carbons (Fsp3) is 0.526. The van der Waals surface area contributed by atoms with Gasteiger partial charge in [-0.05, 0) is 55.7 Å². The van der Waals surface area contributed by atoms with Gasteiger partial charge in [0, 0.05) is 0 Å². The Labute approximate surface area is 128 Å². The van der Waals surface area contributed by atoms with Crippen LogP contribution in [0.25, 0.3) is 0 Å². The van der Waals surface area contributed by atoms with E-state index in [9.17, 15) is 0 Å². The molecule has 2 rings (SSSR count). The van der Waals surface area contributed by atoms with Crippen LogP contribution in [0.4, 0.5) is 0 Å².